The Bertz CT molecular complexity index is 680. The van der Waals surface area contributed by atoms with E-state index in [-0.39, 0.29) is 41.2 Å². The van der Waals surface area contributed by atoms with Crippen molar-refractivity contribution in [2.75, 3.05) is 18.0 Å². The van der Waals surface area contributed by atoms with Crippen LogP contribution in [0.4, 0.5) is 11.4 Å². The molecule has 0 spiro atoms. The molecule has 0 unspecified atom stereocenters. The summed E-state index contributed by atoms with van der Waals surface area (Å²) in [5, 5.41) is 17.0. The van der Waals surface area contributed by atoms with Crippen molar-refractivity contribution in [3.63, 3.8) is 0 Å². The lowest BCUT2D eigenvalue weighted by Gasteiger charge is -2.26. The van der Waals surface area contributed by atoms with Gasteiger partial charge in [-0.1, -0.05) is 0 Å². The summed E-state index contributed by atoms with van der Waals surface area (Å²) in [6.45, 7) is 11.4. The Morgan fingerprint density at radius 2 is 1.88 bits per heavy atom. The number of rotatable bonds is 7. The summed E-state index contributed by atoms with van der Waals surface area (Å²) in [6, 6.07) is 4.22. The molecule has 8 heteroatoms. The first-order chi connectivity index (χ1) is 11.9. The smallest absolute Gasteiger partial charge is 0.293 e. The van der Waals surface area contributed by atoms with E-state index < -0.39 is 4.92 Å². The van der Waals surface area contributed by atoms with Crippen LogP contribution in [-0.4, -0.2) is 41.4 Å². The van der Waals surface area contributed by atoms with Crippen LogP contribution in [0.1, 0.15) is 51.9 Å². The highest BCUT2D eigenvalue weighted by Gasteiger charge is 2.24. The molecule has 0 saturated heterocycles. The number of carbonyl (C=O) groups is 2. The molecular formula is C18H28N4O4. The second kappa shape index (κ2) is 8.64. The summed E-state index contributed by atoms with van der Waals surface area (Å²) in [5.41, 5.74) is -0.0693. The molecule has 0 aliphatic carbocycles. The Morgan fingerprint density at radius 3 is 2.35 bits per heavy atom. The van der Waals surface area contributed by atoms with Gasteiger partial charge in [0.05, 0.1) is 11.5 Å². The van der Waals surface area contributed by atoms with Crippen LogP contribution in [0.15, 0.2) is 18.2 Å². The first-order valence-electron chi connectivity index (χ1n) is 8.60. The van der Waals surface area contributed by atoms with Gasteiger partial charge in [0.25, 0.3) is 11.6 Å². The Hall–Kier alpha value is -2.64. The minimum absolute atomic E-state index is 0.00779. The van der Waals surface area contributed by atoms with Crippen LogP contribution in [0.2, 0.25) is 0 Å². The summed E-state index contributed by atoms with van der Waals surface area (Å²) in [7, 11) is 0. The number of nitrogens with one attached hydrogen (secondary N) is 2. The average Bonchev–Trinajstić information content (AvgIpc) is 2.49. The molecule has 26 heavy (non-hydrogen) atoms. The van der Waals surface area contributed by atoms with Crippen LogP contribution >= 0.6 is 0 Å². The van der Waals surface area contributed by atoms with Gasteiger partial charge in [0, 0.05) is 29.8 Å². The fraction of sp³-hybridized carbons (Fsp3) is 0.556. The van der Waals surface area contributed by atoms with Crippen molar-refractivity contribution in [3.8, 4) is 0 Å². The van der Waals surface area contributed by atoms with Crippen LogP contribution in [0.25, 0.3) is 0 Å². The van der Waals surface area contributed by atoms with Crippen LogP contribution < -0.4 is 15.5 Å². The maximum absolute atomic E-state index is 12.2. The molecule has 0 aliphatic rings. The lowest BCUT2D eigenvalue weighted by molar-refractivity contribution is -0.384. The summed E-state index contributed by atoms with van der Waals surface area (Å²) < 4.78 is 0. The standard InChI is InChI=1S/C18H28N4O4/c1-7-21(11-16(23)20-18(4,5)6)14-9-8-13(10-15(14)22(25)26)17(24)19-12(2)3/h8-10,12H,7,11H2,1-6H3,(H,19,24)(H,20,23). The molecule has 0 bridgehead atoms. The number of hydrogen-bond donors (Lipinski definition) is 2. The first-order valence-corrected chi connectivity index (χ1v) is 8.60. The molecule has 0 saturated carbocycles. The van der Waals surface area contributed by atoms with E-state index in [2.05, 4.69) is 10.6 Å². The van der Waals surface area contributed by atoms with E-state index in [1.54, 1.807) is 4.90 Å². The molecule has 2 amide bonds. The van der Waals surface area contributed by atoms with Gasteiger partial charge in [-0.05, 0) is 53.7 Å². The van der Waals surface area contributed by atoms with E-state index in [1.165, 1.54) is 18.2 Å². The number of nitro groups is 1. The van der Waals surface area contributed by atoms with Crippen LogP contribution in [0.3, 0.4) is 0 Å². The summed E-state index contributed by atoms with van der Waals surface area (Å²) in [6.07, 6.45) is 0. The van der Waals surface area contributed by atoms with E-state index >= 15 is 0 Å². The molecular weight excluding hydrogens is 336 g/mol. The number of nitro benzene ring substituents is 1. The fourth-order valence-corrected chi connectivity index (χ4v) is 2.42. The van der Waals surface area contributed by atoms with Crippen molar-refractivity contribution in [1.82, 2.24) is 10.6 Å². The van der Waals surface area contributed by atoms with E-state index in [1.807, 2.05) is 41.5 Å². The summed E-state index contributed by atoms with van der Waals surface area (Å²) in [5.74, 6) is -0.599. The third-order valence-electron chi connectivity index (χ3n) is 3.43. The molecule has 0 radical (unpaired) electrons. The maximum atomic E-state index is 12.2. The van der Waals surface area contributed by atoms with Crippen molar-refractivity contribution in [1.29, 1.82) is 0 Å². The molecule has 144 valence electrons. The fourth-order valence-electron chi connectivity index (χ4n) is 2.42. The predicted molar refractivity (Wildman–Crippen MR) is 101 cm³/mol. The van der Waals surface area contributed by atoms with Crippen LogP contribution in [0, 0.1) is 10.1 Å². The first kappa shape index (κ1) is 21.4. The van der Waals surface area contributed by atoms with Crippen molar-refractivity contribution >= 4 is 23.2 Å². The number of benzene rings is 1. The molecule has 1 aromatic carbocycles. The lowest BCUT2D eigenvalue weighted by Crippen LogP contribution is -2.46. The predicted octanol–water partition coefficient (Wildman–Crippen LogP) is 2.47. The van der Waals surface area contributed by atoms with Crippen molar-refractivity contribution in [3.05, 3.63) is 33.9 Å². The largest absolute Gasteiger partial charge is 0.357 e. The minimum atomic E-state index is -0.536. The molecule has 0 heterocycles. The number of nitrogens with zero attached hydrogens (tertiary/aromatic N) is 2. The third kappa shape index (κ3) is 6.34. The average molecular weight is 364 g/mol. The second-order valence-electron chi connectivity index (χ2n) is 7.40. The molecule has 1 aromatic rings. The number of carbonyl (C=O) groups excluding carboxylic acids is 2. The molecule has 8 nitrogen and oxygen atoms in total. The zero-order chi connectivity index (χ0) is 20.1. The van der Waals surface area contributed by atoms with Gasteiger partial charge >= 0.3 is 0 Å². The van der Waals surface area contributed by atoms with E-state index in [4.69, 9.17) is 0 Å². The minimum Gasteiger partial charge on any atom is -0.357 e. The van der Waals surface area contributed by atoms with Crippen molar-refractivity contribution in [2.24, 2.45) is 0 Å². The number of hydrogen-bond acceptors (Lipinski definition) is 5. The Labute approximate surface area is 154 Å². The Morgan fingerprint density at radius 1 is 1.27 bits per heavy atom. The highest BCUT2D eigenvalue weighted by atomic mass is 16.6. The number of likely N-dealkylation sites (N-methyl/N-ethyl adjacent to an activating group) is 1. The SMILES string of the molecule is CCN(CC(=O)NC(C)(C)C)c1ccc(C(=O)NC(C)C)cc1[N+](=O)[O-]. The normalized spacial score (nSPS) is 11.2. The van der Waals surface area contributed by atoms with Gasteiger partial charge in [0.2, 0.25) is 5.91 Å². The van der Waals surface area contributed by atoms with Gasteiger partial charge in [0.1, 0.15) is 5.69 Å². The summed E-state index contributed by atoms with van der Waals surface area (Å²) >= 11 is 0. The van der Waals surface area contributed by atoms with Gasteiger partial charge in [-0.3, -0.25) is 19.7 Å². The Kier molecular flexibility index (Phi) is 7.11. The van der Waals surface area contributed by atoms with Crippen molar-refractivity contribution < 1.29 is 14.5 Å². The van der Waals surface area contributed by atoms with Gasteiger partial charge < -0.3 is 15.5 Å². The second-order valence-corrected chi connectivity index (χ2v) is 7.40. The molecule has 1 rings (SSSR count). The number of amides is 2. The van der Waals surface area contributed by atoms with Crippen molar-refractivity contribution in [2.45, 2.75) is 53.1 Å². The quantitative estimate of drug-likeness (QED) is 0.571. The highest BCUT2D eigenvalue weighted by Crippen LogP contribution is 2.29. The zero-order valence-electron chi connectivity index (χ0n) is 16.3. The van der Waals surface area contributed by atoms with Gasteiger partial charge in [-0.25, -0.2) is 0 Å². The third-order valence-corrected chi connectivity index (χ3v) is 3.43. The van der Waals surface area contributed by atoms with E-state index in [0.29, 0.717) is 12.2 Å². The molecule has 0 aromatic heterocycles. The van der Waals surface area contributed by atoms with Gasteiger partial charge in [-0.15, -0.1) is 0 Å². The number of anilines is 1. The lowest BCUT2D eigenvalue weighted by atomic mass is 10.1. The Balaban J connectivity index is 3.14. The summed E-state index contributed by atoms with van der Waals surface area (Å²) in [4.78, 5) is 36.9. The molecule has 0 atom stereocenters. The zero-order valence-corrected chi connectivity index (χ0v) is 16.3. The van der Waals surface area contributed by atoms with E-state index in [0.717, 1.165) is 0 Å². The molecule has 0 fully saturated rings. The topological polar surface area (TPSA) is 105 Å². The monoisotopic (exact) mass is 364 g/mol. The van der Waals surface area contributed by atoms with Crippen LogP contribution in [0.5, 0.6) is 0 Å². The molecule has 2 N–H and O–H groups in total. The maximum Gasteiger partial charge on any atom is 0.293 e. The van der Waals surface area contributed by atoms with Gasteiger partial charge in [0.15, 0.2) is 0 Å². The molecule has 0 aliphatic heterocycles. The highest BCUT2D eigenvalue weighted by molar-refractivity contribution is 5.96. The van der Waals surface area contributed by atoms with E-state index in [9.17, 15) is 19.7 Å². The van der Waals surface area contributed by atoms with Gasteiger partial charge in [-0.2, -0.15) is 0 Å². The van der Waals surface area contributed by atoms with Crippen LogP contribution in [-0.2, 0) is 4.79 Å².